The lowest BCUT2D eigenvalue weighted by Crippen LogP contribution is -2.30. The normalized spacial score (nSPS) is 10.3. The van der Waals surface area contributed by atoms with Crippen LogP contribution in [-0.2, 0) is 0 Å². The first-order valence-electron chi connectivity index (χ1n) is 4.81. The van der Waals surface area contributed by atoms with Crippen molar-refractivity contribution in [1.82, 2.24) is 20.4 Å². The Labute approximate surface area is 96.2 Å². The van der Waals surface area contributed by atoms with Crippen LogP contribution in [0.4, 0.5) is 4.39 Å². The summed E-state index contributed by atoms with van der Waals surface area (Å²) < 4.78 is 14.4. The summed E-state index contributed by atoms with van der Waals surface area (Å²) >= 11 is 0. The summed E-state index contributed by atoms with van der Waals surface area (Å²) in [4.78, 5) is 11.2. The van der Waals surface area contributed by atoms with Crippen LogP contribution in [-0.4, -0.2) is 20.9 Å². The average molecular weight is 235 g/mol. The standard InChI is InChI=1S/C10H10FN5O/c1-6-4-7(2-3-8(6)11)16-5-9(14-15-16)10(17)13-12/h2-5H,12H2,1H3,(H,13,17). The molecule has 7 heteroatoms. The van der Waals surface area contributed by atoms with E-state index in [2.05, 4.69) is 10.3 Å². The molecule has 0 radical (unpaired) electrons. The molecule has 0 aliphatic carbocycles. The van der Waals surface area contributed by atoms with E-state index in [1.807, 2.05) is 5.43 Å². The van der Waals surface area contributed by atoms with E-state index in [1.54, 1.807) is 19.1 Å². The molecule has 0 aliphatic heterocycles. The molecule has 3 N–H and O–H groups in total. The first-order chi connectivity index (χ1) is 8.11. The van der Waals surface area contributed by atoms with Gasteiger partial charge in [-0.2, -0.15) is 0 Å². The second-order valence-corrected chi connectivity index (χ2v) is 3.46. The number of halogens is 1. The van der Waals surface area contributed by atoms with Crippen molar-refractivity contribution in [3.05, 3.63) is 41.5 Å². The number of nitrogens with zero attached hydrogens (tertiary/aromatic N) is 3. The van der Waals surface area contributed by atoms with E-state index in [0.29, 0.717) is 11.3 Å². The van der Waals surface area contributed by atoms with Crippen molar-refractivity contribution in [2.75, 3.05) is 0 Å². The number of nitrogens with two attached hydrogens (primary N) is 1. The van der Waals surface area contributed by atoms with Gasteiger partial charge in [-0.25, -0.2) is 14.9 Å². The van der Waals surface area contributed by atoms with Gasteiger partial charge in [0.15, 0.2) is 5.69 Å². The summed E-state index contributed by atoms with van der Waals surface area (Å²) in [5.74, 6) is 4.14. The quantitative estimate of drug-likeness (QED) is 0.446. The number of rotatable bonds is 2. The molecule has 2 rings (SSSR count). The predicted octanol–water partition coefficient (Wildman–Crippen LogP) is 0.318. The van der Waals surface area contributed by atoms with Gasteiger partial charge in [0, 0.05) is 0 Å². The van der Waals surface area contributed by atoms with E-state index < -0.39 is 5.91 Å². The topological polar surface area (TPSA) is 85.8 Å². The third-order valence-electron chi connectivity index (χ3n) is 2.26. The minimum Gasteiger partial charge on any atom is -0.289 e. The van der Waals surface area contributed by atoms with Gasteiger partial charge in [-0.15, -0.1) is 5.10 Å². The van der Waals surface area contributed by atoms with Gasteiger partial charge in [0.1, 0.15) is 5.82 Å². The SMILES string of the molecule is Cc1cc(-n2cc(C(=O)NN)nn2)ccc1F. The van der Waals surface area contributed by atoms with Crippen LogP contribution in [0, 0.1) is 12.7 Å². The molecule has 1 aromatic carbocycles. The number of amides is 1. The molecule has 1 aromatic heterocycles. The Morgan fingerprint density at radius 2 is 2.29 bits per heavy atom. The highest BCUT2D eigenvalue weighted by Crippen LogP contribution is 2.12. The molecule has 0 fully saturated rings. The van der Waals surface area contributed by atoms with Gasteiger partial charge in [-0.05, 0) is 30.7 Å². The molecular formula is C10H10FN5O. The molecule has 1 heterocycles. The minimum absolute atomic E-state index is 0.0921. The third-order valence-corrected chi connectivity index (χ3v) is 2.26. The maximum atomic E-state index is 13.1. The Hall–Kier alpha value is -2.28. The number of benzene rings is 1. The van der Waals surface area contributed by atoms with Gasteiger partial charge >= 0.3 is 0 Å². The van der Waals surface area contributed by atoms with Crippen LogP contribution in [0.2, 0.25) is 0 Å². The predicted molar refractivity (Wildman–Crippen MR) is 57.7 cm³/mol. The molecule has 0 unspecified atom stereocenters. The fourth-order valence-electron chi connectivity index (χ4n) is 1.34. The molecule has 0 saturated heterocycles. The summed E-state index contributed by atoms with van der Waals surface area (Å²) in [6, 6.07) is 4.48. The average Bonchev–Trinajstić information content (AvgIpc) is 2.81. The van der Waals surface area contributed by atoms with Crippen molar-refractivity contribution < 1.29 is 9.18 Å². The van der Waals surface area contributed by atoms with Crippen LogP contribution in [0.5, 0.6) is 0 Å². The largest absolute Gasteiger partial charge is 0.289 e. The molecule has 0 saturated carbocycles. The van der Waals surface area contributed by atoms with E-state index in [9.17, 15) is 9.18 Å². The fraction of sp³-hybridized carbons (Fsp3) is 0.100. The van der Waals surface area contributed by atoms with Gasteiger partial charge in [-0.3, -0.25) is 10.2 Å². The summed E-state index contributed by atoms with van der Waals surface area (Å²) in [5.41, 5.74) is 3.15. The molecule has 88 valence electrons. The first-order valence-corrected chi connectivity index (χ1v) is 4.81. The number of carbonyl (C=O) groups excluding carboxylic acids is 1. The zero-order valence-corrected chi connectivity index (χ0v) is 9.01. The van der Waals surface area contributed by atoms with Crippen LogP contribution in [0.1, 0.15) is 16.1 Å². The van der Waals surface area contributed by atoms with E-state index in [-0.39, 0.29) is 11.5 Å². The summed E-state index contributed by atoms with van der Waals surface area (Å²) in [6.07, 6.45) is 1.41. The summed E-state index contributed by atoms with van der Waals surface area (Å²) in [6.45, 7) is 1.64. The van der Waals surface area contributed by atoms with Gasteiger partial charge in [0.25, 0.3) is 5.91 Å². The zero-order chi connectivity index (χ0) is 12.4. The van der Waals surface area contributed by atoms with Crippen molar-refractivity contribution in [3.8, 4) is 5.69 Å². The molecule has 6 nitrogen and oxygen atoms in total. The van der Waals surface area contributed by atoms with E-state index in [4.69, 9.17) is 5.84 Å². The highest BCUT2D eigenvalue weighted by atomic mass is 19.1. The third kappa shape index (κ3) is 2.13. The number of aromatic nitrogens is 3. The molecular weight excluding hydrogens is 225 g/mol. The highest BCUT2D eigenvalue weighted by molar-refractivity contribution is 5.91. The Balaban J connectivity index is 2.37. The smallest absolute Gasteiger partial charge is 0.287 e. The molecule has 17 heavy (non-hydrogen) atoms. The van der Waals surface area contributed by atoms with E-state index in [1.165, 1.54) is 16.9 Å². The summed E-state index contributed by atoms with van der Waals surface area (Å²) in [7, 11) is 0. The second-order valence-electron chi connectivity index (χ2n) is 3.46. The Morgan fingerprint density at radius 3 is 2.94 bits per heavy atom. The van der Waals surface area contributed by atoms with Crippen molar-refractivity contribution >= 4 is 5.91 Å². The number of hydrazine groups is 1. The van der Waals surface area contributed by atoms with Crippen LogP contribution in [0.3, 0.4) is 0 Å². The van der Waals surface area contributed by atoms with Crippen LogP contribution < -0.4 is 11.3 Å². The Kier molecular flexibility index (Phi) is 2.84. The molecule has 0 bridgehead atoms. The van der Waals surface area contributed by atoms with Crippen molar-refractivity contribution in [2.24, 2.45) is 5.84 Å². The monoisotopic (exact) mass is 235 g/mol. The lowest BCUT2D eigenvalue weighted by atomic mass is 10.2. The molecule has 0 aliphatic rings. The van der Waals surface area contributed by atoms with Gasteiger partial charge in [0.05, 0.1) is 11.9 Å². The van der Waals surface area contributed by atoms with Crippen molar-refractivity contribution in [1.29, 1.82) is 0 Å². The highest BCUT2D eigenvalue weighted by Gasteiger charge is 2.10. The minimum atomic E-state index is -0.532. The fourth-order valence-corrected chi connectivity index (χ4v) is 1.34. The van der Waals surface area contributed by atoms with Crippen LogP contribution >= 0.6 is 0 Å². The number of hydrogen-bond acceptors (Lipinski definition) is 4. The Bertz CT molecular complexity index is 566. The lowest BCUT2D eigenvalue weighted by Gasteiger charge is -2.01. The van der Waals surface area contributed by atoms with Crippen LogP contribution in [0.15, 0.2) is 24.4 Å². The summed E-state index contributed by atoms with van der Waals surface area (Å²) in [5, 5.41) is 7.40. The molecule has 0 spiro atoms. The number of nitrogen functional groups attached to an aromatic ring is 1. The van der Waals surface area contributed by atoms with Crippen molar-refractivity contribution in [2.45, 2.75) is 6.92 Å². The maximum absolute atomic E-state index is 13.1. The molecule has 2 aromatic rings. The van der Waals surface area contributed by atoms with E-state index in [0.717, 1.165) is 0 Å². The molecule has 1 amide bonds. The number of carbonyl (C=O) groups is 1. The van der Waals surface area contributed by atoms with Gasteiger partial charge in [-0.1, -0.05) is 5.21 Å². The number of hydrogen-bond donors (Lipinski definition) is 2. The second kappa shape index (κ2) is 4.30. The lowest BCUT2D eigenvalue weighted by molar-refractivity contribution is 0.0948. The van der Waals surface area contributed by atoms with Crippen molar-refractivity contribution in [3.63, 3.8) is 0 Å². The maximum Gasteiger partial charge on any atom is 0.287 e. The molecule has 0 atom stereocenters. The number of nitrogens with one attached hydrogen (secondary N) is 1. The zero-order valence-electron chi connectivity index (χ0n) is 9.01. The number of aryl methyl sites for hydroxylation is 1. The Morgan fingerprint density at radius 1 is 1.53 bits per heavy atom. The van der Waals surface area contributed by atoms with E-state index >= 15 is 0 Å². The van der Waals surface area contributed by atoms with Crippen LogP contribution in [0.25, 0.3) is 5.69 Å². The van der Waals surface area contributed by atoms with Gasteiger partial charge < -0.3 is 0 Å². The van der Waals surface area contributed by atoms with Gasteiger partial charge in [0.2, 0.25) is 0 Å². The first kappa shape index (κ1) is 11.2.